The first kappa shape index (κ1) is 16.9. The molecule has 0 spiro atoms. The van der Waals surface area contributed by atoms with Crippen LogP contribution in [-0.4, -0.2) is 25.9 Å². The third-order valence-electron chi connectivity index (χ3n) is 3.75. The lowest BCUT2D eigenvalue weighted by Crippen LogP contribution is -2.24. The van der Waals surface area contributed by atoms with Gasteiger partial charge in [0.1, 0.15) is 4.60 Å². The van der Waals surface area contributed by atoms with E-state index in [0.717, 1.165) is 22.6 Å². The lowest BCUT2D eigenvalue weighted by atomic mass is 10.2. The van der Waals surface area contributed by atoms with Gasteiger partial charge in [-0.15, -0.1) is 0 Å². The van der Waals surface area contributed by atoms with E-state index in [2.05, 4.69) is 52.5 Å². The summed E-state index contributed by atoms with van der Waals surface area (Å²) in [4.78, 5) is 12.3. The zero-order valence-corrected chi connectivity index (χ0v) is 16.3. The molecule has 6 nitrogen and oxygen atoms in total. The van der Waals surface area contributed by atoms with Crippen LogP contribution < -0.4 is 5.32 Å². The quantitative estimate of drug-likeness (QED) is 0.634. The number of para-hydroxylation sites is 1. The molecule has 3 aromatic rings. The topological polar surface area (TPSA) is 75.6 Å². The predicted molar refractivity (Wildman–Crippen MR) is 98.2 cm³/mol. The monoisotopic (exact) mass is 451 g/mol. The smallest absolute Gasteiger partial charge is 0.273 e. The molecule has 124 valence electrons. The van der Waals surface area contributed by atoms with E-state index in [-0.39, 0.29) is 5.91 Å². The van der Waals surface area contributed by atoms with Crippen LogP contribution in [0.3, 0.4) is 0 Å². The van der Waals surface area contributed by atoms with E-state index in [1.807, 2.05) is 48.9 Å². The highest BCUT2D eigenvalue weighted by Gasteiger charge is 2.18. The molecular weight excluding hydrogens is 438 g/mol. The number of carbonyl (C=O) groups excluding carboxylic acids is 1. The summed E-state index contributed by atoms with van der Waals surface area (Å²) >= 11 is 6.60. The summed E-state index contributed by atoms with van der Waals surface area (Å²) in [5, 5.41) is 14.2. The van der Waals surface area contributed by atoms with Crippen LogP contribution in [0.5, 0.6) is 0 Å². The van der Waals surface area contributed by atoms with Crippen molar-refractivity contribution in [3.63, 3.8) is 0 Å². The maximum absolute atomic E-state index is 12.3. The highest BCUT2D eigenvalue weighted by atomic mass is 79.9. The maximum Gasteiger partial charge on any atom is 0.273 e. The van der Waals surface area contributed by atoms with Crippen LogP contribution in [0.25, 0.3) is 5.69 Å². The molecule has 0 saturated heterocycles. The van der Waals surface area contributed by atoms with Crippen molar-refractivity contribution in [2.24, 2.45) is 0 Å². The molecule has 0 aliphatic rings. The Hall–Kier alpha value is -1.93. The van der Waals surface area contributed by atoms with Gasteiger partial charge in [-0.25, -0.2) is 4.68 Å². The van der Waals surface area contributed by atoms with E-state index < -0.39 is 0 Å². The van der Waals surface area contributed by atoms with Gasteiger partial charge < -0.3 is 5.32 Å². The first-order chi connectivity index (χ1) is 11.5. The fourth-order valence-corrected chi connectivity index (χ4v) is 3.10. The zero-order chi connectivity index (χ0) is 17.3. The van der Waals surface area contributed by atoms with Crippen molar-refractivity contribution in [1.82, 2.24) is 25.3 Å². The lowest BCUT2D eigenvalue weighted by molar-refractivity contribution is 0.0945. The molecule has 0 unspecified atom stereocenters. The number of amides is 1. The van der Waals surface area contributed by atoms with Crippen molar-refractivity contribution in [1.29, 1.82) is 0 Å². The van der Waals surface area contributed by atoms with E-state index in [0.29, 0.717) is 21.3 Å². The van der Waals surface area contributed by atoms with Crippen molar-refractivity contribution in [3.05, 3.63) is 62.1 Å². The van der Waals surface area contributed by atoms with Gasteiger partial charge in [-0.05, 0) is 57.8 Å². The average molecular weight is 453 g/mol. The molecule has 2 aromatic heterocycles. The largest absolute Gasteiger partial charge is 0.346 e. The highest BCUT2D eigenvalue weighted by Crippen LogP contribution is 2.24. The molecule has 3 rings (SSSR count). The maximum atomic E-state index is 12.3. The number of nitrogens with one attached hydrogen (secondary N) is 2. The molecule has 1 aromatic carbocycles. The highest BCUT2D eigenvalue weighted by molar-refractivity contribution is 9.13. The second-order valence-electron chi connectivity index (χ2n) is 5.28. The second kappa shape index (κ2) is 6.90. The summed E-state index contributed by atoms with van der Waals surface area (Å²) in [7, 11) is 0. The number of aryl methyl sites for hydroxylation is 1. The first-order valence-electron chi connectivity index (χ1n) is 7.27. The van der Waals surface area contributed by atoms with Crippen LogP contribution in [0.2, 0.25) is 0 Å². The summed E-state index contributed by atoms with van der Waals surface area (Å²) in [6.07, 6.45) is 0. The van der Waals surface area contributed by atoms with Crippen LogP contribution in [0.1, 0.15) is 27.4 Å². The molecule has 0 radical (unpaired) electrons. The number of benzene rings is 1. The normalized spacial score (nSPS) is 10.8. The second-order valence-corrected chi connectivity index (χ2v) is 6.87. The number of aromatic nitrogens is 4. The number of carbonyl (C=O) groups is 1. The Morgan fingerprint density at radius 1 is 1.25 bits per heavy atom. The minimum absolute atomic E-state index is 0.255. The Balaban J connectivity index is 1.80. The van der Waals surface area contributed by atoms with Gasteiger partial charge in [0, 0.05) is 17.8 Å². The van der Waals surface area contributed by atoms with Gasteiger partial charge in [-0.2, -0.15) is 10.2 Å². The Bertz CT molecular complexity index is 886. The Morgan fingerprint density at radius 3 is 2.58 bits per heavy atom. The van der Waals surface area contributed by atoms with Gasteiger partial charge in [-0.3, -0.25) is 9.89 Å². The zero-order valence-electron chi connectivity index (χ0n) is 13.1. The molecule has 0 saturated carbocycles. The molecule has 24 heavy (non-hydrogen) atoms. The molecule has 2 heterocycles. The van der Waals surface area contributed by atoms with Gasteiger partial charge in [-0.1, -0.05) is 18.2 Å². The minimum Gasteiger partial charge on any atom is -0.346 e. The predicted octanol–water partition coefficient (Wildman–Crippen LogP) is 3.67. The van der Waals surface area contributed by atoms with Crippen molar-refractivity contribution >= 4 is 37.8 Å². The first-order valence-corrected chi connectivity index (χ1v) is 8.85. The number of rotatable bonds is 4. The fourth-order valence-electron chi connectivity index (χ4n) is 2.46. The Kier molecular flexibility index (Phi) is 4.86. The van der Waals surface area contributed by atoms with Gasteiger partial charge in [0.05, 0.1) is 15.9 Å². The standard InChI is InChI=1S/C16H15Br2N5O/c1-9-12(8-19-16(24)14-13(17)15(18)21-20-14)10(2)23(22-9)11-6-4-3-5-7-11/h3-7H,8H2,1-2H3,(H,19,24)(H,20,21). The molecule has 1 amide bonds. The average Bonchev–Trinajstić information content (AvgIpc) is 3.06. The van der Waals surface area contributed by atoms with E-state index in [4.69, 9.17) is 0 Å². The Labute approximate surface area is 155 Å². The fraction of sp³-hybridized carbons (Fsp3) is 0.188. The lowest BCUT2D eigenvalue weighted by Gasteiger charge is -2.06. The SMILES string of the molecule is Cc1nn(-c2ccccc2)c(C)c1CNC(=O)c1n[nH]c(Br)c1Br. The number of halogens is 2. The number of hydrogen-bond acceptors (Lipinski definition) is 3. The summed E-state index contributed by atoms with van der Waals surface area (Å²) in [6, 6.07) is 9.91. The van der Waals surface area contributed by atoms with Gasteiger partial charge >= 0.3 is 0 Å². The summed E-state index contributed by atoms with van der Waals surface area (Å²) in [5.41, 5.74) is 4.19. The van der Waals surface area contributed by atoms with E-state index >= 15 is 0 Å². The van der Waals surface area contributed by atoms with Gasteiger partial charge in [0.15, 0.2) is 5.69 Å². The van der Waals surface area contributed by atoms with Crippen LogP contribution in [0, 0.1) is 13.8 Å². The summed E-state index contributed by atoms with van der Waals surface area (Å²) in [5.74, 6) is -0.255. The number of nitrogens with zero attached hydrogens (tertiary/aromatic N) is 3. The third kappa shape index (κ3) is 3.16. The number of H-pyrrole nitrogens is 1. The van der Waals surface area contributed by atoms with Crippen molar-refractivity contribution in [2.75, 3.05) is 0 Å². The molecule has 0 bridgehead atoms. The van der Waals surface area contributed by atoms with Crippen LogP contribution in [0.15, 0.2) is 39.4 Å². The van der Waals surface area contributed by atoms with E-state index in [1.165, 1.54) is 0 Å². The van der Waals surface area contributed by atoms with Crippen LogP contribution in [0.4, 0.5) is 0 Å². The third-order valence-corrected chi connectivity index (χ3v) is 5.63. The van der Waals surface area contributed by atoms with Crippen LogP contribution >= 0.6 is 31.9 Å². The molecule has 2 N–H and O–H groups in total. The summed E-state index contributed by atoms with van der Waals surface area (Å²) < 4.78 is 3.13. The van der Waals surface area contributed by atoms with Gasteiger partial charge in [0.25, 0.3) is 5.91 Å². The van der Waals surface area contributed by atoms with E-state index in [9.17, 15) is 4.79 Å². The number of aromatic amines is 1. The van der Waals surface area contributed by atoms with Crippen molar-refractivity contribution < 1.29 is 4.79 Å². The summed E-state index contributed by atoms with van der Waals surface area (Å²) in [6.45, 7) is 4.32. The number of hydrogen-bond donors (Lipinski definition) is 2. The van der Waals surface area contributed by atoms with E-state index in [1.54, 1.807) is 0 Å². The minimum atomic E-state index is -0.255. The molecule has 0 aliphatic carbocycles. The molecule has 8 heteroatoms. The van der Waals surface area contributed by atoms with Crippen LogP contribution in [-0.2, 0) is 6.54 Å². The molecule has 0 aliphatic heterocycles. The van der Waals surface area contributed by atoms with Crippen molar-refractivity contribution in [2.45, 2.75) is 20.4 Å². The Morgan fingerprint density at radius 2 is 1.96 bits per heavy atom. The van der Waals surface area contributed by atoms with Crippen molar-refractivity contribution in [3.8, 4) is 5.69 Å². The molecule has 0 fully saturated rings. The van der Waals surface area contributed by atoms with Gasteiger partial charge in [0.2, 0.25) is 0 Å². The molecular formula is C16H15Br2N5O. The molecule has 0 atom stereocenters.